The molecule has 1 heterocycles. The van der Waals surface area contributed by atoms with Crippen molar-refractivity contribution in [3.63, 3.8) is 0 Å². The predicted molar refractivity (Wildman–Crippen MR) is 64.6 cm³/mol. The van der Waals surface area contributed by atoms with Crippen LogP contribution < -0.4 is 11.1 Å². The van der Waals surface area contributed by atoms with E-state index in [1.807, 2.05) is 6.92 Å². The third-order valence-corrected chi connectivity index (χ3v) is 2.92. The Bertz CT molecular complexity index is 402. The van der Waals surface area contributed by atoms with Crippen molar-refractivity contribution in [2.24, 2.45) is 0 Å². The second-order valence-electron chi connectivity index (χ2n) is 4.16. The second kappa shape index (κ2) is 5.14. The molecule has 1 amide bonds. The van der Waals surface area contributed by atoms with Gasteiger partial charge in [-0.2, -0.15) is 0 Å². The molecular formula is C12H17N3O2. The Morgan fingerprint density at radius 2 is 2.41 bits per heavy atom. The number of hydrogen-bond acceptors (Lipinski definition) is 4. The van der Waals surface area contributed by atoms with Crippen molar-refractivity contribution in [2.75, 3.05) is 12.3 Å². The van der Waals surface area contributed by atoms with Crippen LogP contribution in [0.25, 0.3) is 0 Å². The lowest BCUT2D eigenvalue weighted by Gasteiger charge is -2.35. The van der Waals surface area contributed by atoms with E-state index in [0.29, 0.717) is 5.56 Å². The maximum Gasteiger partial charge on any atom is 0.255 e. The molecule has 17 heavy (non-hydrogen) atoms. The molecule has 2 rings (SSSR count). The van der Waals surface area contributed by atoms with Crippen LogP contribution in [0.2, 0.25) is 0 Å². The highest BCUT2D eigenvalue weighted by molar-refractivity contribution is 5.98. The molecule has 5 nitrogen and oxygen atoms in total. The number of nitrogens with zero attached hydrogens (tertiary/aromatic N) is 1. The van der Waals surface area contributed by atoms with E-state index in [9.17, 15) is 4.79 Å². The number of ether oxygens (including phenoxy) is 1. The molecule has 0 radical (unpaired) electrons. The Kier molecular flexibility index (Phi) is 3.58. The Balaban J connectivity index is 1.85. The minimum atomic E-state index is -0.157. The molecular weight excluding hydrogens is 218 g/mol. The van der Waals surface area contributed by atoms with E-state index in [1.54, 1.807) is 18.3 Å². The number of hydrogen-bond donors (Lipinski definition) is 2. The molecule has 1 aliphatic rings. The minimum Gasteiger partial charge on any atom is -0.383 e. The highest BCUT2D eigenvalue weighted by atomic mass is 16.5. The summed E-state index contributed by atoms with van der Waals surface area (Å²) in [7, 11) is 0. The molecule has 3 N–H and O–H groups in total. The first-order valence-electron chi connectivity index (χ1n) is 5.83. The number of carbonyl (C=O) groups is 1. The third kappa shape index (κ3) is 2.74. The lowest BCUT2D eigenvalue weighted by atomic mass is 9.89. The summed E-state index contributed by atoms with van der Waals surface area (Å²) >= 11 is 0. The van der Waals surface area contributed by atoms with E-state index < -0.39 is 0 Å². The summed E-state index contributed by atoms with van der Waals surface area (Å²) in [6, 6.07) is 3.57. The highest BCUT2D eigenvalue weighted by Crippen LogP contribution is 2.23. The summed E-state index contributed by atoms with van der Waals surface area (Å²) in [5.74, 6) is 0.112. The molecule has 0 atom stereocenters. The Labute approximate surface area is 100 Å². The zero-order valence-electron chi connectivity index (χ0n) is 9.85. The van der Waals surface area contributed by atoms with Crippen LogP contribution in [0.1, 0.15) is 30.1 Å². The summed E-state index contributed by atoms with van der Waals surface area (Å²) in [5.41, 5.74) is 6.07. The maximum atomic E-state index is 11.9. The van der Waals surface area contributed by atoms with Crippen LogP contribution in [0, 0.1) is 0 Å². The molecule has 0 saturated heterocycles. The van der Waals surface area contributed by atoms with Crippen LogP contribution in [-0.2, 0) is 4.74 Å². The van der Waals surface area contributed by atoms with Gasteiger partial charge in [-0.3, -0.25) is 4.79 Å². The lowest BCUT2D eigenvalue weighted by molar-refractivity contribution is -0.00861. The van der Waals surface area contributed by atoms with E-state index in [-0.39, 0.29) is 23.9 Å². The lowest BCUT2D eigenvalue weighted by Crippen LogP contribution is -2.47. The van der Waals surface area contributed by atoms with Gasteiger partial charge in [0.1, 0.15) is 5.82 Å². The molecule has 5 heteroatoms. The number of nitrogen functional groups attached to an aromatic ring is 1. The first-order chi connectivity index (χ1) is 8.20. The SMILES string of the molecule is CCOC1CC(NC(=O)c2cccnc2N)C1. The minimum absolute atomic E-state index is 0.157. The monoisotopic (exact) mass is 235 g/mol. The van der Waals surface area contributed by atoms with Crippen LogP contribution in [-0.4, -0.2) is 29.6 Å². The van der Waals surface area contributed by atoms with E-state index in [0.717, 1.165) is 19.4 Å². The van der Waals surface area contributed by atoms with Crippen molar-refractivity contribution in [3.8, 4) is 0 Å². The average Bonchev–Trinajstić information content (AvgIpc) is 2.26. The van der Waals surface area contributed by atoms with Gasteiger partial charge in [0.2, 0.25) is 0 Å². The number of amides is 1. The van der Waals surface area contributed by atoms with Crippen LogP contribution >= 0.6 is 0 Å². The molecule has 0 aromatic carbocycles. The standard InChI is InChI=1S/C12H17N3O2/c1-2-17-9-6-8(7-9)15-12(16)10-4-3-5-14-11(10)13/h3-5,8-9H,2,6-7H2,1H3,(H2,13,14)(H,15,16). The maximum absolute atomic E-state index is 11.9. The Morgan fingerprint density at radius 1 is 1.65 bits per heavy atom. The van der Waals surface area contributed by atoms with E-state index in [1.165, 1.54) is 0 Å². The number of aromatic nitrogens is 1. The molecule has 0 aliphatic heterocycles. The summed E-state index contributed by atoms with van der Waals surface area (Å²) in [6.45, 7) is 2.70. The van der Waals surface area contributed by atoms with Crippen molar-refractivity contribution in [1.29, 1.82) is 0 Å². The first kappa shape index (κ1) is 11.9. The first-order valence-corrected chi connectivity index (χ1v) is 5.83. The van der Waals surface area contributed by atoms with Crippen LogP contribution in [0.15, 0.2) is 18.3 Å². The summed E-state index contributed by atoms with van der Waals surface area (Å²) < 4.78 is 5.43. The Hall–Kier alpha value is -1.62. The molecule has 1 aromatic rings. The van der Waals surface area contributed by atoms with Gasteiger partial charge in [0.25, 0.3) is 5.91 Å². The van der Waals surface area contributed by atoms with E-state index in [4.69, 9.17) is 10.5 Å². The number of nitrogens with one attached hydrogen (secondary N) is 1. The molecule has 1 fully saturated rings. The van der Waals surface area contributed by atoms with Crippen molar-refractivity contribution >= 4 is 11.7 Å². The van der Waals surface area contributed by atoms with Gasteiger partial charge in [-0.15, -0.1) is 0 Å². The number of rotatable bonds is 4. The predicted octanol–water partition coefficient (Wildman–Crippen LogP) is 0.961. The van der Waals surface area contributed by atoms with Gasteiger partial charge in [0, 0.05) is 18.8 Å². The van der Waals surface area contributed by atoms with Gasteiger partial charge in [-0.25, -0.2) is 4.98 Å². The van der Waals surface area contributed by atoms with Gasteiger partial charge in [0.05, 0.1) is 11.7 Å². The largest absolute Gasteiger partial charge is 0.383 e. The van der Waals surface area contributed by atoms with Crippen molar-refractivity contribution in [2.45, 2.75) is 31.9 Å². The van der Waals surface area contributed by atoms with Gasteiger partial charge in [-0.1, -0.05) is 0 Å². The average molecular weight is 235 g/mol. The smallest absolute Gasteiger partial charge is 0.255 e. The highest BCUT2D eigenvalue weighted by Gasteiger charge is 2.31. The number of nitrogens with two attached hydrogens (primary N) is 1. The molecule has 0 bridgehead atoms. The van der Waals surface area contributed by atoms with E-state index in [2.05, 4.69) is 10.3 Å². The number of carbonyl (C=O) groups excluding carboxylic acids is 1. The quantitative estimate of drug-likeness (QED) is 0.815. The zero-order chi connectivity index (χ0) is 12.3. The van der Waals surface area contributed by atoms with Gasteiger partial charge in [-0.05, 0) is 31.9 Å². The summed E-state index contributed by atoms with van der Waals surface area (Å²) in [5, 5.41) is 2.92. The van der Waals surface area contributed by atoms with Gasteiger partial charge >= 0.3 is 0 Å². The second-order valence-corrected chi connectivity index (χ2v) is 4.16. The molecule has 1 aromatic heterocycles. The summed E-state index contributed by atoms with van der Waals surface area (Å²) in [6.07, 6.45) is 3.61. The molecule has 92 valence electrons. The van der Waals surface area contributed by atoms with Crippen LogP contribution in [0.3, 0.4) is 0 Å². The van der Waals surface area contributed by atoms with E-state index >= 15 is 0 Å². The molecule has 0 unspecified atom stereocenters. The molecule has 1 aliphatic carbocycles. The topological polar surface area (TPSA) is 77.2 Å². The van der Waals surface area contributed by atoms with Crippen LogP contribution in [0.4, 0.5) is 5.82 Å². The Morgan fingerprint density at radius 3 is 3.06 bits per heavy atom. The van der Waals surface area contributed by atoms with Crippen molar-refractivity contribution in [3.05, 3.63) is 23.9 Å². The summed E-state index contributed by atoms with van der Waals surface area (Å²) in [4.78, 5) is 15.7. The van der Waals surface area contributed by atoms with Gasteiger partial charge in [0.15, 0.2) is 0 Å². The fourth-order valence-electron chi connectivity index (χ4n) is 1.93. The fraction of sp³-hybridized carbons (Fsp3) is 0.500. The number of pyridine rings is 1. The molecule has 1 saturated carbocycles. The third-order valence-electron chi connectivity index (χ3n) is 2.92. The molecule has 0 spiro atoms. The normalized spacial score (nSPS) is 22.9. The van der Waals surface area contributed by atoms with Gasteiger partial charge < -0.3 is 15.8 Å². The fourth-order valence-corrected chi connectivity index (χ4v) is 1.93. The van der Waals surface area contributed by atoms with Crippen LogP contribution in [0.5, 0.6) is 0 Å². The van der Waals surface area contributed by atoms with Crippen molar-refractivity contribution in [1.82, 2.24) is 10.3 Å². The zero-order valence-corrected chi connectivity index (χ0v) is 9.85. The van der Waals surface area contributed by atoms with Crippen molar-refractivity contribution < 1.29 is 9.53 Å². The number of anilines is 1.